The number of aromatic nitrogens is 2. The maximum absolute atomic E-state index is 15.3. The molecule has 3 aromatic rings. The van der Waals surface area contributed by atoms with E-state index < -0.39 is 24.1 Å². The van der Waals surface area contributed by atoms with Crippen LogP contribution in [0, 0.1) is 12.7 Å². The van der Waals surface area contributed by atoms with Gasteiger partial charge in [0.05, 0.1) is 24.9 Å². The Bertz CT molecular complexity index is 1270. The zero-order valence-electron chi connectivity index (χ0n) is 17.6. The number of halogens is 2. The van der Waals surface area contributed by atoms with Crippen molar-refractivity contribution < 1.29 is 28.2 Å². The fourth-order valence-electron chi connectivity index (χ4n) is 4.27. The predicted octanol–water partition coefficient (Wildman–Crippen LogP) is 3.35. The number of nitrogen functional groups attached to an aromatic ring is 1. The summed E-state index contributed by atoms with van der Waals surface area (Å²) in [7, 11) is 0. The number of fused-ring (bicyclic) bond motifs is 2. The van der Waals surface area contributed by atoms with Gasteiger partial charge in [-0.05, 0) is 30.0 Å². The number of alkyl halides is 1. The lowest BCUT2D eigenvalue weighted by Crippen LogP contribution is -2.45. The number of hydrogen-bond acceptors (Lipinski definition) is 7. The average molecular weight is 457 g/mol. The monoisotopic (exact) mass is 457 g/mol. The Balaban J connectivity index is 1.65. The second-order valence-corrected chi connectivity index (χ2v) is 7.94. The number of ether oxygens (including phenoxy) is 2. The van der Waals surface area contributed by atoms with Crippen LogP contribution in [0.1, 0.15) is 5.56 Å². The number of amides is 1. The number of hydrogen-bond donors (Lipinski definition) is 3. The van der Waals surface area contributed by atoms with Crippen LogP contribution in [-0.2, 0) is 4.74 Å². The van der Waals surface area contributed by atoms with Gasteiger partial charge in [-0.3, -0.25) is 4.90 Å². The predicted molar refractivity (Wildman–Crippen MR) is 118 cm³/mol. The molecular formula is C22H21F2N5O4. The number of carbonyl (C=O) groups is 1. The smallest absolute Gasteiger partial charge is 0.413 e. The molecule has 172 valence electrons. The highest BCUT2D eigenvalue weighted by atomic mass is 19.1. The molecule has 1 saturated heterocycles. The van der Waals surface area contributed by atoms with Gasteiger partial charge in [-0.2, -0.15) is 0 Å². The SMILES string of the molecule is Cc1c(-c2cc3cc(N(C(=O)O)[C@H]4COC[C@@H]4F)ncc3c(N)c2F)cnc2c1NCCO2. The van der Waals surface area contributed by atoms with Gasteiger partial charge in [-0.1, -0.05) is 0 Å². The summed E-state index contributed by atoms with van der Waals surface area (Å²) in [5.41, 5.74) is 8.09. The lowest BCUT2D eigenvalue weighted by molar-refractivity contribution is 0.172. The van der Waals surface area contributed by atoms with E-state index in [1.807, 2.05) is 6.92 Å². The van der Waals surface area contributed by atoms with Gasteiger partial charge in [-0.25, -0.2) is 23.5 Å². The van der Waals surface area contributed by atoms with Crippen LogP contribution in [0.2, 0.25) is 0 Å². The fourth-order valence-corrected chi connectivity index (χ4v) is 4.27. The summed E-state index contributed by atoms with van der Waals surface area (Å²) in [5, 5.41) is 13.7. The maximum Gasteiger partial charge on any atom is 0.413 e. The molecule has 1 fully saturated rings. The molecule has 2 aromatic heterocycles. The molecule has 33 heavy (non-hydrogen) atoms. The molecule has 0 radical (unpaired) electrons. The highest BCUT2D eigenvalue weighted by Crippen LogP contribution is 2.40. The number of rotatable bonds is 3. The lowest BCUT2D eigenvalue weighted by atomic mass is 9.97. The van der Waals surface area contributed by atoms with E-state index in [4.69, 9.17) is 15.2 Å². The highest BCUT2D eigenvalue weighted by molar-refractivity contribution is 5.99. The summed E-state index contributed by atoms with van der Waals surface area (Å²) in [6.07, 6.45) is -0.0401. The van der Waals surface area contributed by atoms with Crippen molar-refractivity contribution in [3.8, 4) is 17.0 Å². The number of pyridine rings is 2. The van der Waals surface area contributed by atoms with E-state index in [0.717, 1.165) is 10.5 Å². The summed E-state index contributed by atoms with van der Waals surface area (Å²) in [4.78, 5) is 21.2. The van der Waals surface area contributed by atoms with Gasteiger partial charge < -0.3 is 25.6 Å². The van der Waals surface area contributed by atoms with Crippen LogP contribution in [0.3, 0.4) is 0 Å². The number of anilines is 3. The van der Waals surface area contributed by atoms with Crippen LogP contribution in [0.15, 0.2) is 24.5 Å². The molecule has 2 aliphatic rings. The third kappa shape index (κ3) is 3.44. The van der Waals surface area contributed by atoms with Gasteiger partial charge >= 0.3 is 6.09 Å². The summed E-state index contributed by atoms with van der Waals surface area (Å²) in [6.45, 7) is 2.63. The van der Waals surface area contributed by atoms with E-state index in [2.05, 4.69) is 15.3 Å². The van der Waals surface area contributed by atoms with Crippen molar-refractivity contribution in [2.45, 2.75) is 19.1 Å². The molecule has 4 N–H and O–H groups in total. The fraction of sp³-hybridized carbons (Fsp3) is 0.318. The van der Waals surface area contributed by atoms with Crippen LogP contribution in [0.5, 0.6) is 5.88 Å². The molecule has 9 nitrogen and oxygen atoms in total. The maximum atomic E-state index is 15.3. The normalized spacial score (nSPS) is 19.6. The van der Waals surface area contributed by atoms with Crippen LogP contribution >= 0.6 is 0 Å². The van der Waals surface area contributed by atoms with Crippen molar-refractivity contribution in [2.24, 2.45) is 0 Å². The molecule has 2 aliphatic heterocycles. The highest BCUT2D eigenvalue weighted by Gasteiger charge is 2.38. The number of benzene rings is 1. The molecule has 1 amide bonds. The van der Waals surface area contributed by atoms with Crippen LogP contribution < -0.4 is 20.7 Å². The third-order valence-corrected chi connectivity index (χ3v) is 5.99. The van der Waals surface area contributed by atoms with Crippen molar-refractivity contribution in [2.75, 3.05) is 42.3 Å². The number of carboxylic acid groups (broad SMARTS) is 1. The first-order valence-electron chi connectivity index (χ1n) is 10.3. The first-order valence-corrected chi connectivity index (χ1v) is 10.3. The van der Waals surface area contributed by atoms with Gasteiger partial charge in [0.25, 0.3) is 0 Å². The van der Waals surface area contributed by atoms with Crippen molar-refractivity contribution in [1.29, 1.82) is 0 Å². The second kappa shape index (κ2) is 8.00. The molecule has 11 heteroatoms. The Labute approximate surface area is 187 Å². The zero-order chi connectivity index (χ0) is 23.3. The molecule has 0 saturated carbocycles. The molecule has 0 aliphatic carbocycles. The van der Waals surface area contributed by atoms with E-state index in [9.17, 15) is 14.3 Å². The second-order valence-electron chi connectivity index (χ2n) is 7.94. The zero-order valence-corrected chi connectivity index (χ0v) is 17.6. The quantitative estimate of drug-likeness (QED) is 0.512. The van der Waals surface area contributed by atoms with Crippen LogP contribution in [-0.4, -0.2) is 59.7 Å². The first-order chi connectivity index (χ1) is 15.9. The van der Waals surface area contributed by atoms with Crippen molar-refractivity contribution in [3.63, 3.8) is 0 Å². The van der Waals surface area contributed by atoms with E-state index >= 15 is 4.39 Å². The molecule has 0 bridgehead atoms. The first kappa shape index (κ1) is 21.1. The summed E-state index contributed by atoms with van der Waals surface area (Å²) < 4.78 is 40.2. The molecule has 0 spiro atoms. The summed E-state index contributed by atoms with van der Waals surface area (Å²) in [6, 6.07) is 1.99. The molecule has 5 rings (SSSR count). The van der Waals surface area contributed by atoms with Crippen LogP contribution in [0.4, 0.5) is 30.8 Å². The van der Waals surface area contributed by atoms with Crippen LogP contribution in [0.25, 0.3) is 21.9 Å². The third-order valence-electron chi connectivity index (χ3n) is 5.99. The Kier molecular flexibility index (Phi) is 5.12. The minimum absolute atomic E-state index is 0.000428. The van der Waals surface area contributed by atoms with Gasteiger partial charge in [0, 0.05) is 35.5 Å². The van der Waals surface area contributed by atoms with Crippen molar-refractivity contribution in [3.05, 3.63) is 35.9 Å². The van der Waals surface area contributed by atoms with E-state index in [1.54, 1.807) is 6.07 Å². The summed E-state index contributed by atoms with van der Waals surface area (Å²) >= 11 is 0. The number of nitrogens with one attached hydrogen (secondary N) is 1. The Morgan fingerprint density at radius 3 is 2.82 bits per heavy atom. The number of nitrogens with zero attached hydrogens (tertiary/aromatic N) is 3. The number of nitrogens with two attached hydrogens (primary N) is 1. The van der Waals surface area contributed by atoms with Crippen molar-refractivity contribution >= 4 is 34.1 Å². The lowest BCUT2D eigenvalue weighted by Gasteiger charge is -2.25. The van der Waals surface area contributed by atoms with Gasteiger partial charge in [0.15, 0.2) is 5.82 Å². The summed E-state index contributed by atoms with van der Waals surface area (Å²) in [5.74, 6) is -0.193. The van der Waals surface area contributed by atoms with E-state index in [-0.39, 0.29) is 30.3 Å². The Hall–Kier alpha value is -3.73. The average Bonchev–Trinajstić information content (AvgIpc) is 3.22. The van der Waals surface area contributed by atoms with Crippen molar-refractivity contribution in [1.82, 2.24) is 9.97 Å². The molecule has 1 aromatic carbocycles. The Morgan fingerprint density at radius 2 is 2.09 bits per heavy atom. The standard InChI is InChI=1S/C22H21F2N5O4/c1-10-13(6-28-21-20(10)26-2-3-33-21)12-4-11-5-17(27-7-14(11)19(25)18(12)24)29(22(30)31)16-9-32-8-15(16)23/h4-7,15-16,26H,2-3,8-9,25H2,1H3,(H,30,31)/t15-,16-/m0/s1. The van der Waals surface area contributed by atoms with Gasteiger partial charge in [-0.15, -0.1) is 0 Å². The molecule has 4 heterocycles. The minimum Gasteiger partial charge on any atom is -0.474 e. The molecular weight excluding hydrogens is 436 g/mol. The topological polar surface area (TPSA) is 123 Å². The Morgan fingerprint density at radius 1 is 1.27 bits per heavy atom. The van der Waals surface area contributed by atoms with Gasteiger partial charge in [0.1, 0.15) is 24.3 Å². The largest absolute Gasteiger partial charge is 0.474 e. The molecule has 0 unspecified atom stereocenters. The minimum atomic E-state index is -1.48. The van der Waals surface area contributed by atoms with E-state index in [0.29, 0.717) is 41.1 Å². The van der Waals surface area contributed by atoms with Gasteiger partial charge in [0.2, 0.25) is 5.88 Å². The molecule has 2 atom stereocenters. The van der Waals surface area contributed by atoms with E-state index in [1.165, 1.54) is 18.5 Å².